The normalized spacial score (nSPS) is 14.3. The molecule has 0 unspecified atom stereocenters. The molecule has 2 aromatic carbocycles. The van der Waals surface area contributed by atoms with E-state index in [2.05, 4.69) is 15.1 Å². The van der Waals surface area contributed by atoms with Gasteiger partial charge >= 0.3 is 0 Å². The van der Waals surface area contributed by atoms with Crippen LogP contribution in [0.2, 0.25) is 0 Å². The first-order valence-electron chi connectivity index (χ1n) is 9.86. The third kappa shape index (κ3) is 3.38. The van der Waals surface area contributed by atoms with Crippen LogP contribution in [0.4, 0.5) is 5.88 Å². The molecule has 6 nitrogen and oxygen atoms in total. The standard InChI is InChI=1S/C22H21N5OS/c29-22-25-24-19(27(22)17-12-6-2-7-13-17)18-21(26-14-8-3-9-15-26)28-20(23-18)16-10-4-1-5-11-16/h1-2,4-7,10-13H,3,8-9,14-15H2,(H,25,29). The van der Waals surface area contributed by atoms with Gasteiger partial charge in [0.15, 0.2) is 16.3 Å². The number of nitrogens with one attached hydrogen (secondary N) is 1. The second-order valence-electron chi connectivity index (χ2n) is 7.11. The zero-order chi connectivity index (χ0) is 19.6. The van der Waals surface area contributed by atoms with Crippen LogP contribution in [0.5, 0.6) is 0 Å². The number of H-pyrrole nitrogens is 1. The van der Waals surface area contributed by atoms with E-state index in [1.807, 2.05) is 65.2 Å². The topological polar surface area (TPSA) is 62.9 Å². The largest absolute Gasteiger partial charge is 0.420 e. The van der Waals surface area contributed by atoms with Crippen molar-refractivity contribution in [2.24, 2.45) is 0 Å². The molecule has 0 saturated carbocycles. The third-order valence-corrected chi connectivity index (χ3v) is 5.45. The fraction of sp³-hybridized carbons (Fsp3) is 0.227. The van der Waals surface area contributed by atoms with Crippen molar-refractivity contribution < 1.29 is 4.42 Å². The summed E-state index contributed by atoms with van der Waals surface area (Å²) in [6.45, 7) is 1.90. The van der Waals surface area contributed by atoms with E-state index in [1.54, 1.807) is 0 Å². The van der Waals surface area contributed by atoms with Crippen molar-refractivity contribution in [3.05, 3.63) is 65.4 Å². The van der Waals surface area contributed by atoms with Crippen molar-refractivity contribution in [1.29, 1.82) is 0 Å². The molecule has 0 bridgehead atoms. The molecule has 29 heavy (non-hydrogen) atoms. The molecule has 4 aromatic rings. The zero-order valence-electron chi connectivity index (χ0n) is 15.9. The van der Waals surface area contributed by atoms with E-state index in [0.717, 1.165) is 43.1 Å². The molecular weight excluding hydrogens is 382 g/mol. The Labute approximate surface area is 173 Å². The molecule has 0 amide bonds. The number of piperidine rings is 1. The SMILES string of the molecule is S=c1[nH]nc(-c2nc(-c3ccccc3)oc2N2CCCCC2)n1-c1ccccc1. The van der Waals surface area contributed by atoms with E-state index in [9.17, 15) is 0 Å². The maximum Gasteiger partial charge on any atom is 0.229 e. The minimum atomic E-state index is 0.528. The number of benzene rings is 2. The average Bonchev–Trinajstić information content (AvgIpc) is 3.39. The van der Waals surface area contributed by atoms with Gasteiger partial charge in [0, 0.05) is 18.7 Å². The van der Waals surface area contributed by atoms with Crippen molar-refractivity contribution in [2.45, 2.75) is 19.3 Å². The highest BCUT2D eigenvalue weighted by atomic mass is 32.1. The molecule has 0 aliphatic carbocycles. The Morgan fingerprint density at radius 3 is 2.31 bits per heavy atom. The number of anilines is 1. The van der Waals surface area contributed by atoms with E-state index in [1.165, 1.54) is 6.42 Å². The monoisotopic (exact) mass is 403 g/mol. The van der Waals surface area contributed by atoms with Gasteiger partial charge in [0.1, 0.15) is 0 Å². The minimum absolute atomic E-state index is 0.528. The van der Waals surface area contributed by atoms with Crippen LogP contribution in [0.3, 0.4) is 0 Å². The van der Waals surface area contributed by atoms with Gasteiger partial charge in [0.05, 0.1) is 5.69 Å². The summed E-state index contributed by atoms with van der Waals surface area (Å²) >= 11 is 5.53. The van der Waals surface area contributed by atoms with Crippen molar-refractivity contribution in [3.63, 3.8) is 0 Å². The predicted molar refractivity (Wildman–Crippen MR) is 116 cm³/mol. The van der Waals surface area contributed by atoms with Gasteiger partial charge in [-0.1, -0.05) is 36.4 Å². The molecule has 2 aromatic heterocycles. The fourth-order valence-corrected chi connectivity index (χ4v) is 3.98. The predicted octanol–water partition coefficient (Wildman–Crippen LogP) is 5.24. The number of rotatable bonds is 4. The smallest absolute Gasteiger partial charge is 0.229 e. The van der Waals surface area contributed by atoms with E-state index in [4.69, 9.17) is 21.6 Å². The number of para-hydroxylation sites is 1. The van der Waals surface area contributed by atoms with Gasteiger partial charge in [0.25, 0.3) is 0 Å². The Bertz CT molecular complexity index is 1160. The molecule has 1 aliphatic heterocycles. The maximum atomic E-state index is 6.31. The fourth-order valence-electron chi connectivity index (χ4n) is 3.75. The lowest BCUT2D eigenvalue weighted by Crippen LogP contribution is -2.29. The minimum Gasteiger partial charge on any atom is -0.420 e. The molecule has 0 spiro atoms. The van der Waals surface area contributed by atoms with Crippen LogP contribution in [0, 0.1) is 4.77 Å². The second-order valence-corrected chi connectivity index (χ2v) is 7.50. The Morgan fingerprint density at radius 1 is 0.897 bits per heavy atom. The number of aromatic nitrogens is 4. The lowest BCUT2D eigenvalue weighted by Gasteiger charge is -2.26. The number of hydrogen-bond donors (Lipinski definition) is 1. The zero-order valence-corrected chi connectivity index (χ0v) is 16.7. The van der Waals surface area contributed by atoms with Crippen molar-refractivity contribution >= 4 is 18.1 Å². The maximum absolute atomic E-state index is 6.31. The molecule has 0 atom stereocenters. The summed E-state index contributed by atoms with van der Waals surface area (Å²) in [5, 5.41) is 7.45. The highest BCUT2D eigenvalue weighted by molar-refractivity contribution is 7.71. The van der Waals surface area contributed by atoms with Crippen LogP contribution in [0.15, 0.2) is 65.1 Å². The quantitative estimate of drug-likeness (QED) is 0.472. The van der Waals surface area contributed by atoms with Crippen molar-refractivity contribution in [2.75, 3.05) is 18.0 Å². The Kier molecular flexibility index (Phi) is 4.73. The third-order valence-electron chi connectivity index (χ3n) is 5.17. The van der Waals surface area contributed by atoms with E-state index in [-0.39, 0.29) is 0 Å². The molecule has 1 saturated heterocycles. The molecule has 7 heteroatoms. The molecule has 1 aliphatic rings. The van der Waals surface area contributed by atoms with Gasteiger partial charge in [-0.25, -0.2) is 4.98 Å². The van der Waals surface area contributed by atoms with Crippen molar-refractivity contribution in [1.82, 2.24) is 19.7 Å². The molecule has 5 rings (SSSR count). The summed E-state index contributed by atoms with van der Waals surface area (Å²) < 4.78 is 8.75. The van der Waals surface area contributed by atoms with Crippen LogP contribution in [0.25, 0.3) is 28.7 Å². The van der Waals surface area contributed by atoms with Crippen LogP contribution < -0.4 is 4.90 Å². The highest BCUT2D eigenvalue weighted by Gasteiger charge is 2.26. The highest BCUT2D eigenvalue weighted by Crippen LogP contribution is 2.36. The van der Waals surface area contributed by atoms with Gasteiger partial charge in [-0.05, 0) is 55.7 Å². The Balaban J connectivity index is 1.69. The summed E-state index contributed by atoms with van der Waals surface area (Å²) in [5.41, 5.74) is 2.59. The molecule has 3 heterocycles. The molecule has 1 fully saturated rings. The van der Waals surface area contributed by atoms with E-state index < -0.39 is 0 Å². The number of oxazole rings is 1. The number of nitrogens with zero attached hydrogens (tertiary/aromatic N) is 4. The second kappa shape index (κ2) is 7.67. The van der Waals surface area contributed by atoms with Crippen molar-refractivity contribution in [3.8, 4) is 28.7 Å². The van der Waals surface area contributed by atoms with Gasteiger partial charge in [-0.3, -0.25) is 9.67 Å². The summed E-state index contributed by atoms with van der Waals surface area (Å²) in [7, 11) is 0. The first-order valence-corrected chi connectivity index (χ1v) is 10.3. The summed E-state index contributed by atoms with van der Waals surface area (Å²) in [5.74, 6) is 2.01. The van der Waals surface area contributed by atoms with Gasteiger partial charge in [0.2, 0.25) is 11.8 Å². The first kappa shape index (κ1) is 17.9. The summed E-state index contributed by atoms with van der Waals surface area (Å²) in [6, 6.07) is 19.9. The molecule has 0 radical (unpaired) electrons. The van der Waals surface area contributed by atoms with Crippen LogP contribution in [-0.4, -0.2) is 32.8 Å². The van der Waals surface area contributed by atoms with E-state index in [0.29, 0.717) is 22.2 Å². The van der Waals surface area contributed by atoms with Crippen LogP contribution >= 0.6 is 12.2 Å². The van der Waals surface area contributed by atoms with Crippen LogP contribution in [-0.2, 0) is 0 Å². The lowest BCUT2D eigenvalue weighted by atomic mass is 10.1. The van der Waals surface area contributed by atoms with Gasteiger partial charge < -0.3 is 9.32 Å². The van der Waals surface area contributed by atoms with Gasteiger partial charge in [-0.15, -0.1) is 0 Å². The molecular formula is C22H21N5OS. The number of aromatic amines is 1. The van der Waals surface area contributed by atoms with E-state index >= 15 is 0 Å². The Morgan fingerprint density at radius 2 is 1.59 bits per heavy atom. The number of hydrogen-bond acceptors (Lipinski definition) is 5. The Hall–Kier alpha value is -3.19. The first-order chi connectivity index (χ1) is 14.3. The summed E-state index contributed by atoms with van der Waals surface area (Å²) in [4.78, 5) is 7.14. The average molecular weight is 404 g/mol. The molecule has 146 valence electrons. The van der Waals surface area contributed by atoms with Gasteiger partial charge in [-0.2, -0.15) is 5.10 Å². The van der Waals surface area contributed by atoms with Crippen LogP contribution in [0.1, 0.15) is 19.3 Å². The molecule has 1 N–H and O–H groups in total. The summed E-state index contributed by atoms with van der Waals surface area (Å²) in [6.07, 6.45) is 3.53. The lowest BCUT2D eigenvalue weighted by molar-refractivity contribution is 0.505.